The Kier molecular flexibility index (Phi) is 3.82. The first kappa shape index (κ1) is 12.0. The van der Waals surface area contributed by atoms with Crippen LogP contribution in [-0.2, 0) is 4.79 Å². The first-order valence-corrected chi connectivity index (χ1v) is 4.30. The van der Waals surface area contributed by atoms with E-state index in [4.69, 9.17) is 0 Å². The summed E-state index contributed by atoms with van der Waals surface area (Å²) in [6.45, 7) is 0. The Labute approximate surface area is 89.3 Å². The summed E-state index contributed by atoms with van der Waals surface area (Å²) in [5, 5.41) is 10.3. The van der Waals surface area contributed by atoms with Gasteiger partial charge in [-0.2, -0.15) is 8.78 Å². The van der Waals surface area contributed by atoms with Crippen LogP contribution in [0.3, 0.4) is 0 Å². The maximum atomic E-state index is 13.1. The minimum atomic E-state index is -1.24. The highest BCUT2D eigenvalue weighted by Gasteiger charge is 2.21. The van der Waals surface area contributed by atoms with Crippen LogP contribution in [-0.4, -0.2) is 11.2 Å². The molecule has 0 aliphatic rings. The Bertz CT molecular complexity index is 434. The molecule has 0 aliphatic carbocycles. The lowest BCUT2D eigenvalue weighted by molar-refractivity contribution is -0.390. The zero-order valence-electron chi connectivity index (χ0n) is 8.02. The summed E-state index contributed by atoms with van der Waals surface area (Å²) in [6.07, 6.45) is 3.44. The second kappa shape index (κ2) is 5.11. The lowest BCUT2D eigenvalue weighted by atomic mass is 10.1. The number of nitro benzene ring substituents is 1. The van der Waals surface area contributed by atoms with Crippen LogP contribution < -0.4 is 0 Å². The second-order valence-corrected chi connectivity index (χ2v) is 2.90. The third kappa shape index (κ3) is 2.69. The maximum absolute atomic E-state index is 13.1. The van der Waals surface area contributed by atoms with E-state index in [1.54, 1.807) is 0 Å². The molecule has 0 N–H and O–H groups in total. The zero-order chi connectivity index (χ0) is 12.1. The fourth-order valence-corrected chi connectivity index (χ4v) is 1.12. The van der Waals surface area contributed by atoms with Gasteiger partial charge in [-0.1, -0.05) is 12.2 Å². The summed E-state index contributed by atoms with van der Waals surface area (Å²) in [7, 11) is 0. The van der Waals surface area contributed by atoms with Crippen molar-refractivity contribution in [2.75, 3.05) is 0 Å². The van der Waals surface area contributed by atoms with Crippen LogP contribution in [0.5, 0.6) is 0 Å². The molecule has 0 heterocycles. The van der Waals surface area contributed by atoms with Crippen LogP contribution in [0.25, 0.3) is 6.08 Å². The fourth-order valence-electron chi connectivity index (χ4n) is 1.12. The summed E-state index contributed by atoms with van der Waals surface area (Å²) in [6, 6.07) is 1.67. The van der Waals surface area contributed by atoms with Crippen LogP contribution in [0.4, 0.5) is 14.5 Å². The van der Waals surface area contributed by atoms with Crippen molar-refractivity contribution < 1.29 is 18.5 Å². The number of nitro groups is 1. The molecule has 0 bridgehead atoms. The average molecular weight is 227 g/mol. The first-order valence-electron chi connectivity index (χ1n) is 4.30. The van der Waals surface area contributed by atoms with Crippen molar-refractivity contribution in [3.8, 4) is 0 Å². The summed E-state index contributed by atoms with van der Waals surface area (Å²) in [4.78, 5) is 19.1. The van der Waals surface area contributed by atoms with Gasteiger partial charge in [-0.05, 0) is 17.7 Å². The molecule has 84 valence electrons. The van der Waals surface area contributed by atoms with Gasteiger partial charge in [0.1, 0.15) is 6.29 Å². The number of aldehydes is 1. The Morgan fingerprint density at radius 2 is 1.88 bits per heavy atom. The average Bonchev–Trinajstić information content (AvgIpc) is 2.16. The van der Waals surface area contributed by atoms with Crippen molar-refractivity contribution in [1.29, 1.82) is 0 Å². The number of carbonyl (C=O) groups is 1. The highest BCUT2D eigenvalue weighted by atomic mass is 19.1. The summed E-state index contributed by atoms with van der Waals surface area (Å²) < 4.78 is 26.2. The summed E-state index contributed by atoms with van der Waals surface area (Å²) >= 11 is 0. The summed E-state index contributed by atoms with van der Waals surface area (Å²) in [5.74, 6) is -2.48. The van der Waals surface area contributed by atoms with E-state index in [2.05, 4.69) is 0 Å². The smallest absolute Gasteiger partial charge is 0.303 e. The number of hydrogen-bond acceptors (Lipinski definition) is 3. The first-order chi connectivity index (χ1) is 7.56. The number of hydrogen-bond donors (Lipinski definition) is 0. The highest BCUT2D eigenvalue weighted by molar-refractivity contribution is 5.59. The lowest BCUT2D eigenvalue weighted by Crippen LogP contribution is -1.97. The minimum Gasteiger partial charge on any atom is -0.303 e. The minimum absolute atomic E-state index is 0.111. The van der Waals surface area contributed by atoms with Gasteiger partial charge in [0.25, 0.3) is 0 Å². The number of allylic oxidation sites excluding steroid dienone is 1. The Hall–Kier alpha value is -2.11. The lowest BCUT2D eigenvalue weighted by Gasteiger charge is -1.98. The molecule has 0 spiro atoms. The molecule has 0 saturated heterocycles. The maximum Gasteiger partial charge on any atom is 0.340 e. The van der Waals surface area contributed by atoms with E-state index in [1.807, 2.05) is 0 Å². The van der Waals surface area contributed by atoms with Crippen molar-refractivity contribution >= 4 is 18.0 Å². The predicted octanol–water partition coefficient (Wildman–Crippen LogP) is 2.48. The Morgan fingerprint density at radius 1 is 1.31 bits per heavy atom. The molecule has 0 unspecified atom stereocenters. The normalized spacial score (nSPS) is 10.6. The third-order valence-electron chi connectivity index (χ3n) is 1.76. The molecule has 4 nitrogen and oxygen atoms in total. The zero-order valence-corrected chi connectivity index (χ0v) is 8.02. The molecule has 0 radical (unpaired) electrons. The molecule has 1 rings (SSSR count). The number of carbonyl (C=O) groups excluding carboxylic acids is 1. The molecule has 6 heteroatoms. The van der Waals surface area contributed by atoms with E-state index in [0.29, 0.717) is 6.29 Å². The Balaban J connectivity index is 3.09. The molecule has 0 saturated carbocycles. The standard InChI is InChI=1S/C10H7F2NO3/c11-8-5-7(3-1-2-4-14)6-9(12)10(8)13(15)16/h1,3-6H,2H2. The van der Waals surface area contributed by atoms with Gasteiger partial charge in [0.05, 0.1) is 4.92 Å². The molecular weight excluding hydrogens is 220 g/mol. The second-order valence-electron chi connectivity index (χ2n) is 2.90. The summed E-state index contributed by atoms with van der Waals surface area (Å²) in [5.41, 5.74) is -1.05. The molecule has 1 aromatic rings. The number of benzene rings is 1. The van der Waals surface area contributed by atoms with Gasteiger partial charge in [-0.25, -0.2) is 0 Å². The van der Waals surface area contributed by atoms with Crippen LogP contribution in [0.15, 0.2) is 18.2 Å². The largest absolute Gasteiger partial charge is 0.340 e. The van der Waals surface area contributed by atoms with Gasteiger partial charge >= 0.3 is 5.69 Å². The number of rotatable bonds is 4. The quantitative estimate of drug-likeness (QED) is 0.451. The van der Waals surface area contributed by atoms with Gasteiger partial charge in [0.2, 0.25) is 11.6 Å². The van der Waals surface area contributed by atoms with E-state index >= 15 is 0 Å². The van der Waals surface area contributed by atoms with Gasteiger partial charge in [0.15, 0.2) is 0 Å². The monoisotopic (exact) mass is 227 g/mol. The van der Waals surface area contributed by atoms with Gasteiger partial charge in [-0.15, -0.1) is 0 Å². The van der Waals surface area contributed by atoms with Crippen LogP contribution in [0.2, 0.25) is 0 Å². The highest BCUT2D eigenvalue weighted by Crippen LogP contribution is 2.23. The van der Waals surface area contributed by atoms with Crippen LogP contribution >= 0.6 is 0 Å². The van der Waals surface area contributed by atoms with Crippen LogP contribution in [0, 0.1) is 21.7 Å². The van der Waals surface area contributed by atoms with Crippen LogP contribution in [0.1, 0.15) is 12.0 Å². The molecule has 0 amide bonds. The molecular formula is C10H7F2NO3. The number of halogens is 2. The van der Waals surface area contributed by atoms with E-state index in [0.717, 1.165) is 12.1 Å². The third-order valence-corrected chi connectivity index (χ3v) is 1.76. The molecule has 0 atom stereocenters. The molecule has 0 aromatic heterocycles. The topological polar surface area (TPSA) is 60.2 Å². The molecule has 1 aromatic carbocycles. The van der Waals surface area contributed by atoms with Crippen molar-refractivity contribution in [1.82, 2.24) is 0 Å². The van der Waals surface area contributed by atoms with Gasteiger partial charge in [-0.3, -0.25) is 10.1 Å². The van der Waals surface area contributed by atoms with Crippen molar-refractivity contribution in [2.24, 2.45) is 0 Å². The van der Waals surface area contributed by atoms with Crippen molar-refractivity contribution in [3.05, 3.63) is 45.5 Å². The molecule has 0 aliphatic heterocycles. The molecule has 16 heavy (non-hydrogen) atoms. The van der Waals surface area contributed by atoms with Crippen molar-refractivity contribution in [2.45, 2.75) is 6.42 Å². The Morgan fingerprint density at radius 3 is 2.31 bits per heavy atom. The van der Waals surface area contributed by atoms with E-state index in [9.17, 15) is 23.7 Å². The number of nitrogens with zero attached hydrogens (tertiary/aromatic N) is 1. The van der Waals surface area contributed by atoms with E-state index < -0.39 is 22.2 Å². The van der Waals surface area contributed by atoms with Gasteiger partial charge in [0, 0.05) is 6.42 Å². The SMILES string of the molecule is O=CCC=Cc1cc(F)c([N+](=O)[O-])c(F)c1. The van der Waals surface area contributed by atoms with Gasteiger partial charge < -0.3 is 4.79 Å². The molecule has 0 fully saturated rings. The predicted molar refractivity (Wildman–Crippen MR) is 52.7 cm³/mol. The fraction of sp³-hybridized carbons (Fsp3) is 0.100. The van der Waals surface area contributed by atoms with E-state index in [-0.39, 0.29) is 12.0 Å². The van der Waals surface area contributed by atoms with E-state index in [1.165, 1.54) is 12.2 Å². The van der Waals surface area contributed by atoms with Crippen molar-refractivity contribution in [3.63, 3.8) is 0 Å².